The molecule has 0 aromatic heterocycles. The third kappa shape index (κ3) is 6.63. The summed E-state index contributed by atoms with van der Waals surface area (Å²) in [5.41, 5.74) is 1.96. The van der Waals surface area contributed by atoms with Crippen molar-refractivity contribution in [3.63, 3.8) is 0 Å². The van der Waals surface area contributed by atoms with Crippen LogP contribution in [0.2, 0.25) is 0 Å². The number of aliphatic carboxylic acids is 1. The fourth-order valence-electron chi connectivity index (χ4n) is 2.61. The maximum absolute atomic E-state index is 12.1. The summed E-state index contributed by atoms with van der Waals surface area (Å²) in [6.07, 6.45) is 5.88. The number of rotatable bonds is 9. The molecule has 0 unspecified atom stereocenters. The maximum atomic E-state index is 12.1. The highest BCUT2D eigenvalue weighted by atomic mass is 16.6. The van der Waals surface area contributed by atoms with Crippen molar-refractivity contribution in [3.05, 3.63) is 65.2 Å². The Morgan fingerprint density at radius 3 is 1.97 bits per heavy atom. The first-order chi connectivity index (χ1) is 14.3. The summed E-state index contributed by atoms with van der Waals surface area (Å²) in [4.78, 5) is 34.1. The number of allylic oxidation sites excluding steroid dienone is 2. The highest BCUT2D eigenvalue weighted by Gasteiger charge is 2.08. The van der Waals surface area contributed by atoms with Crippen LogP contribution in [0.4, 0.5) is 0 Å². The molecule has 7 heteroatoms. The van der Waals surface area contributed by atoms with E-state index in [1.165, 1.54) is 33.3 Å². The fourth-order valence-corrected chi connectivity index (χ4v) is 2.61. The lowest BCUT2D eigenvalue weighted by atomic mass is 10.1. The first-order valence-corrected chi connectivity index (χ1v) is 8.97. The van der Waals surface area contributed by atoms with Crippen molar-refractivity contribution in [2.24, 2.45) is 0 Å². The Labute approximate surface area is 174 Å². The molecule has 0 atom stereocenters. The van der Waals surface area contributed by atoms with Gasteiger partial charge in [0.25, 0.3) is 0 Å². The van der Waals surface area contributed by atoms with Gasteiger partial charge in [0, 0.05) is 12.5 Å². The third-order valence-electron chi connectivity index (χ3n) is 3.97. The van der Waals surface area contributed by atoms with Gasteiger partial charge in [-0.2, -0.15) is 0 Å². The topological polar surface area (TPSA) is 99.1 Å². The molecule has 0 bridgehead atoms. The van der Waals surface area contributed by atoms with Crippen molar-refractivity contribution in [3.8, 4) is 17.2 Å². The van der Waals surface area contributed by atoms with Gasteiger partial charge in [-0.15, -0.1) is 0 Å². The smallest absolute Gasteiger partial charge is 0.308 e. The van der Waals surface area contributed by atoms with Crippen LogP contribution in [0.5, 0.6) is 17.2 Å². The largest absolute Gasteiger partial charge is 0.496 e. The fraction of sp³-hybridized carbons (Fsp3) is 0.174. The molecule has 0 saturated carbocycles. The highest BCUT2D eigenvalue weighted by molar-refractivity contribution is 6.04. The predicted octanol–water partition coefficient (Wildman–Crippen LogP) is 3.55. The summed E-state index contributed by atoms with van der Waals surface area (Å²) in [7, 11) is 2.92. The standard InChI is InChI=1S/C23H22O7/c1-15(24)30-20-11-7-17(13-22(20)29-3)6-10-19(25)9-5-16-4-8-18(14-23(26)27)21(12-16)28-2/h4-13H,14H2,1-3H3,(H,26,27). The van der Waals surface area contributed by atoms with E-state index < -0.39 is 11.9 Å². The number of carbonyl (C=O) groups is 3. The lowest BCUT2D eigenvalue weighted by molar-refractivity contribution is -0.136. The van der Waals surface area contributed by atoms with Crippen LogP contribution in [0.3, 0.4) is 0 Å². The van der Waals surface area contributed by atoms with Crippen LogP contribution in [0.15, 0.2) is 48.6 Å². The van der Waals surface area contributed by atoms with Gasteiger partial charge in [-0.1, -0.05) is 30.4 Å². The van der Waals surface area contributed by atoms with Gasteiger partial charge in [-0.25, -0.2) is 0 Å². The number of esters is 1. The normalized spacial score (nSPS) is 10.9. The van der Waals surface area contributed by atoms with Gasteiger partial charge in [0.1, 0.15) is 5.75 Å². The zero-order valence-electron chi connectivity index (χ0n) is 16.9. The van der Waals surface area contributed by atoms with Crippen LogP contribution < -0.4 is 14.2 Å². The SMILES string of the molecule is COc1cc(C=CC(=O)C=Cc2ccc(OC(C)=O)c(OC)c2)ccc1CC(=O)O. The summed E-state index contributed by atoms with van der Waals surface area (Å²) in [5, 5.41) is 8.92. The van der Waals surface area contributed by atoms with Crippen LogP contribution in [-0.4, -0.2) is 37.0 Å². The number of benzene rings is 2. The summed E-state index contributed by atoms with van der Waals surface area (Å²) in [6, 6.07) is 9.98. The summed E-state index contributed by atoms with van der Waals surface area (Å²) >= 11 is 0. The second kappa shape index (κ2) is 10.6. The molecule has 7 nitrogen and oxygen atoms in total. The van der Waals surface area contributed by atoms with Gasteiger partial charge in [0.2, 0.25) is 0 Å². The average Bonchev–Trinajstić information content (AvgIpc) is 2.71. The van der Waals surface area contributed by atoms with Gasteiger partial charge < -0.3 is 19.3 Å². The molecule has 0 amide bonds. The minimum atomic E-state index is -0.950. The molecule has 1 N–H and O–H groups in total. The second-order valence-electron chi connectivity index (χ2n) is 6.21. The molecule has 0 saturated heterocycles. The average molecular weight is 410 g/mol. The molecule has 0 radical (unpaired) electrons. The van der Waals surface area contributed by atoms with Gasteiger partial charge >= 0.3 is 11.9 Å². The van der Waals surface area contributed by atoms with Crippen LogP contribution in [0.1, 0.15) is 23.6 Å². The Morgan fingerprint density at radius 2 is 1.43 bits per heavy atom. The van der Waals surface area contributed by atoms with Gasteiger partial charge in [-0.3, -0.25) is 14.4 Å². The number of hydrogen-bond acceptors (Lipinski definition) is 6. The number of carboxylic acids is 1. The monoisotopic (exact) mass is 410 g/mol. The van der Waals surface area contributed by atoms with E-state index in [0.717, 1.165) is 0 Å². The molecule has 0 heterocycles. The molecule has 0 spiro atoms. The van der Waals surface area contributed by atoms with Crippen LogP contribution >= 0.6 is 0 Å². The van der Waals surface area contributed by atoms with Crippen molar-refractivity contribution in [1.29, 1.82) is 0 Å². The van der Waals surface area contributed by atoms with E-state index in [4.69, 9.17) is 19.3 Å². The number of ether oxygens (including phenoxy) is 3. The lowest BCUT2D eigenvalue weighted by Crippen LogP contribution is -2.03. The summed E-state index contributed by atoms with van der Waals surface area (Å²) in [5.74, 6) is -0.523. The van der Waals surface area contributed by atoms with E-state index >= 15 is 0 Å². The number of carboxylic acid groups (broad SMARTS) is 1. The molecule has 2 aromatic rings. The molecule has 30 heavy (non-hydrogen) atoms. The Hall–Kier alpha value is -3.87. The number of ketones is 1. The molecule has 156 valence electrons. The van der Waals surface area contributed by atoms with E-state index in [0.29, 0.717) is 33.9 Å². The number of carbonyl (C=O) groups excluding carboxylic acids is 2. The van der Waals surface area contributed by atoms with E-state index in [1.807, 2.05) is 0 Å². The zero-order chi connectivity index (χ0) is 22.1. The minimum absolute atomic E-state index is 0.144. The molecule has 2 rings (SSSR count). The summed E-state index contributed by atoms with van der Waals surface area (Å²) in [6.45, 7) is 1.30. The van der Waals surface area contributed by atoms with Gasteiger partial charge in [-0.05, 0) is 41.5 Å². The first kappa shape index (κ1) is 22.4. The van der Waals surface area contributed by atoms with E-state index in [2.05, 4.69) is 0 Å². The lowest BCUT2D eigenvalue weighted by Gasteiger charge is -2.08. The molecule has 0 aliphatic heterocycles. The highest BCUT2D eigenvalue weighted by Crippen LogP contribution is 2.28. The van der Waals surface area contributed by atoms with Crippen molar-refractivity contribution in [2.45, 2.75) is 13.3 Å². The van der Waals surface area contributed by atoms with E-state index in [9.17, 15) is 14.4 Å². The van der Waals surface area contributed by atoms with Gasteiger partial charge in [0.05, 0.1) is 20.6 Å². The maximum Gasteiger partial charge on any atom is 0.308 e. The molecular weight excluding hydrogens is 388 g/mol. The minimum Gasteiger partial charge on any atom is -0.496 e. The Balaban J connectivity index is 2.09. The van der Waals surface area contributed by atoms with E-state index in [1.54, 1.807) is 48.6 Å². The molecule has 2 aromatic carbocycles. The van der Waals surface area contributed by atoms with Crippen molar-refractivity contribution < 1.29 is 33.7 Å². The predicted molar refractivity (Wildman–Crippen MR) is 112 cm³/mol. The molecule has 0 fully saturated rings. The van der Waals surface area contributed by atoms with Crippen LogP contribution in [-0.2, 0) is 20.8 Å². The van der Waals surface area contributed by atoms with Crippen LogP contribution in [0, 0.1) is 0 Å². The zero-order valence-corrected chi connectivity index (χ0v) is 16.9. The van der Waals surface area contributed by atoms with Gasteiger partial charge in [0.15, 0.2) is 17.3 Å². The Kier molecular flexibility index (Phi) is 7.93. The van der Waals surface area contributed by atoms with Crippen molar-refractivity contribution >= 4 is 29.9 Å². The Morgan fingerprint density at radius 1 is 0.867 bits per heavy atom. The number of hydrogen-bond donors (Lipinski definition) is 1. The second-order valence-corrected chi connectivity index (χ2v) is 6.21. The molecule has 0 aliphatic carbocycles. The molecule has 0 aliphatic rings. The first-order valence-electron chi connectivity index (χ1n) is 8.97. The van der Waals surface area contributed by atoms with Crippen LogP contribution in [0.25, 0.3) is 12.2 Å². The summed E-state index contributed by atoms with van der Waals surface area (Å²) < 4.78 is 15.5. The van der Waals surface area contributed by atoms with Crippen molar-refractivity contribution in [2.75, 3.05) is 14.2 Å². The van der Waals surface area contributed by atoms with Crippen molar-refractivity contribution in [1.82, 2.24) is 0 Å². The third-order valence-corrected chi connectivity index (χ3v) is 3.97. The molecular formula is C23H22O7. The van der Waals surface area contributed by atoms with E-state index in [-0.39, 0.29) is 12.2 Å². The number of methoxy groups -OCH3 is 2. The Bertz CT molecular complexity index is 923. The quantitative estimate of drug-likeness (QED) is 0.383.